The molecule has 0 aromatic heterocycles. The summed E-state index contributed by atoms with van der Waals surface area (Å²) in [6.45, 7) is -6.12. The molecule has 2 aliphatic heterocycles. The van der Waals surface area contributed by atoms with Crippen LogP contribution in [0.25, 0.3) is 0 Å². The first kappa shape index (κ1) is 35.3. The van der Waals surface area contributed by atoms with Crippen LogP contribution < -0.4 is 0 Å². The largest absolute Gasteiger partial charge is 0.456 e. The summed E-state index contributed by atoms with van der Waals surface area (Å²) in [5.74, 6) is -30.7. The lowest BCUT2D eigenvalue weighted by Gasteiger charge is -2.34. The number of alkyl halides is 18. The highest BCUT2D eigenvalue weighted by Crippen LogP contribution is 2.66. The van der Waals surface area contributed by atoms with Crippen molar-refractivity contribution in [2.24, 2.45) is 0 Å². The second kappa shape index (κ2) is 9.66. The van der Waals surface area contributed by atoms with E-state index in [9.17, 15) is 88.6 Å². The summed E-state index contributed by atoms with van der Waals surface area (Å²) in [5, 5.41) is 0. The molecule has 2 fully saturated rings. The molecule has 0 aliphatic carbocycles. The Morgan fingerprint density at radius 3 is 0.977 bits per heavy atom. The summed E-state index contributed by atoms with van der Waals surface area (Å²) in [5.41, 5.74) is -15.7. The van der Waals surface area contributed by atoms with E-state index in [0.29, 0.717) is 0 Å². The van der Waals surface area contributed by atoms with Gasteiger partial charge in [-0.3, -0.25) is 0 Å². The summed E-state index contributed by atoms with van der Waals surface area (Å²) in [6, 6.07) is 1.11. The number of hydrogen-bond acceptors (Lipinski definition) is 6. The van der Waals surface area contributed by atoms with Gasteiger partial charge in [0.05, 0.1) is 11.1 Å². The fourth-order valence-corrected chi connectivity index (χ4v) is 3.66. The van der Waals surface area contributed by atoms with Gasteiger partial charge in [0.2, 0.25) is 0 Å². The minimum atomic E-state index is -6.89. The van der Waals surface area contributed by atoms with Gasteiger partial charge < -0.3 is 9.47 Å². The topological polar surface area (TPSA) is 71.1 Å². The number of esters is 2. The molecule has 24 heteroatoms. The van der Waals surface area contributed by atoms with Gasteiger partial charge in [-0.2, -0.15) is 70.2 Å². The maximum absolute atomic E-state index is 14.2. The van der Waals surface area contributed by atoms with Crippen LogP contribution in [0, 0.1) is 0 Å². The molecule has 1 aromatic carbocycles. The molecule has 250 valence electrons. The smallest absolute Gasteiger partial charge is 0.427 e. The fraction of sp³-hybridized carbons (Fsp3) is 0.600. The van der Waals surface area contributed by atoms with Crippen molar-refractivity contribution in [2.75, 3.05) is 13.2 Å². The SMILES string of the molecule is O=C(OCC(F)(F)C1(F)C(F)(F)OC(F)(F)C1(F)F)c1ccc(C(=O)OCC(F)(F)C2(F)C(F)(F)OC(F)(F)C2(F)F)cc1. The van der Waals surface area contributed by atoms with Crippen LogP contribution in [0.3, 0.4) is 0 Å². The predicted molar refractivity (Wildman–Crippen MR) is 96.4 cm³/mol. The second-order valence-electron chi connectivity index (χ2n) is 8.88. The summed E-state index contributed by atoms with van der Waals surface area (Å²) in [6.07, 6.45) is -26.0. The van der Waals surface area contributed by atoms with Crippen LogP contribution in [0.5, 0.6) is 0 Å². The van der Waals surface area contributed by atoms with Crippen molar-refractivity contribution in [1.29, 1.82) is 0 Å². The van der Waals surface area contributed by atoms with Gasteiger partial charge in [0.25, 0.3) is 0 Å². The van der Waals surface area contributed by atoms with E-state index in [4.69, 9.17) is 0 Å². The molecule has 2 heterocycles. The van der Waals surface area contributed by atoms with Crippen LogP contribution in [0.15, 0.2) is 24.3 Å². The summed E-state index contributed by atoms with van der Waals surface area (Å²) in [4.78, 5) is 23.7. The Morgan fingerprint density at radius 2 is 0.773 bits per heavy atom. The summed E-state index contributed by atoms with van der Waals surface area (Å²) >= 11 is 0. The highest BCUT2D eigenvalue weighted by molar-refractivity contribution is 5.93. The minimum Gasteiger partial charge on any atom is -0.456 e. The van der Waals surface area contributed by atoms with E-state index in [1.807, 2.05) is 0 Å². The number of benzene rings is 1. The molecule has 0 N–H and O–H groups in total. The zero-order valence-electron chi connectivity index (χ0n) is 20.0. The number of ether oxygens (including phenoxy) is 4. The highest BCUT2D eigenvalue weighted by atomic mass is 19.4. The van der Waals surface area contributed by atoms with E-state index < -0.39 is 95.7 Å². The number of halogens is 18. The van der Waals surface area contributed by atoms with E-state index in [-0.39, 0.29) is 24.3 Å². The maximum atomic E-state index is 14.2. The van der Waals surface area contributed by atoms with E-state index in [0.717, 1.165) is 0 Å². The third kappa shape index (κ3) is 4.52. The van der Waals surface area contributed by atoms with Gasteiger partial charge in [0.1, 0.15) is 0 Å². The van der Waals surface area contributed by atoms with E-state index in [2.05, 4.69) is 18.9 Å². The molecule has 44 heavy (non-hydrogen) atoms. The van der Waals surface area contributed by atoms with Crippen molar-refractivity contribution in [3.8, 4) is 0 Å². The van der Waals surface area contributed by atoms with Crippen LogP contribution in [-0.4, -0.2) is 84.6 Å². The standard InChI is InChI=1S/C20H8F18O6/c21-11(22,13(25)15(27,28)19(35,36)43-17(13,31)32)5-41-9(39)7-1-2-8(4-3-7)10(40)42-6-12(23,24)14(26)16(29,30)20(37,38)44-18(14,33)34/h1-4H,5-6H2. The van der Waals surface area contributed by atoms with Gasteiger partial charge in [-0.05, 0) is 24.3 Å². The molecule has 0 bridgehead atoms. The van der Waals surface area contributed by atoms with Crippen molar-refractivity contribution in [3.05, 3.63) is 35.4 Å². The summed E-state index contributed by atoms with van der Waals surface area (Å²) < 4.78 is 256. The van der Waals surface area contributed by atoms with Crippen LogP contribution in [0.1, 0.15) is 20.7 Å². The van der Waals surface area contributed by atoms with Crippen molar-refractivity contribution < 1.29 is 108 Å². The van der Waals surface area contributed by atoms with Gasteiger partial charge in [0, 0.05) is 0 Å². The van der Waals surface area contributed by atoms with Crippen LogP contribution >= 0.6 is 0 Å². The minimum absolute atomic E-state index is 0.279. The van der Waals surface area contributed by atoms with Gasteiger partial charge in [-0.25, -0.2) is 27.8 Å². The Hall–Kier alpha value is -3.18. The molecule has 0 saturated carbocycles. The first-order chi connectivity index (χ1) is 19.4. The molecule has 3 rings (SSSR count). The van der Waals surface area contributed by atoms with E-state index in [1.54, 1.807) is 0 Å². The first-order valence-corrected chi connectivity index (χ1v) is 10.6. The molecule has 0 amide bonds. The first-order valence-electron chi connectivity index (χ1n) is 10.6. The van der Waals surface area contributed by atoms with Crippen LogP contribution in [0.4, 0.5) is 79.0 Å². The zero-order chi connectivity index (χ0) is 34.4. The Balaban J connectivity index is 1.70. The Morgan fingerprint density at radius 1 is 0.523 bits per heavy atom. The molecule has 2 atom stereocenters. The molecule has 2 unspecified atom stereocenters. The second-order valence-corrected chi connectivity index (χ2v) is 8.88. The fourth-order valence-electron chi connectivity index (χ4n) is 3.66. The Kier molecular flexibility index (Phi) is 7.75. The lowest BCUT2D eigenvalue weighted by molar-refractivity contribution is -0.368. The van der Waals surface area contributed by atoms with Crippen LogP contribution in [-0.2, 0) is 18.9 Å². The quantitative estimate of drug-likeness (QED) is 0.234. The molecule has 2 saturated heterocycles. The molecular weight excluding hydrogens is 678 g/mol. The zero-order valence-corrected chi connectivity index (χ0v) is 20.0. The van der Waals surface area contributed by atoms with Gasteiger partial charge in [0.15, 0.2) is 13.2 Å². The lowest BCUT2D eigenvalue weighted by Crippen LogP contribution is -2.66. The molecule has 2 aliphatic rings. The number of carbonyl (C=O) groups excluding carboxylic acids is 2. The number of hydrogen-bond donors (Lipinski definition) is 0. The lowest BCUT2D eigenvalue weighted by atomic mass is 9.90. The molecule has 1 aromatic rings. The van der Waals surface area contributed by atoms with Gasteiger partial charge in [-0.15, -0.1) is 0 Å². The number of rotatable bonds is 8. The molecule has 6 nitrogen and oxygen atoms in total. The van der Waals surface area contributed by atoms with E-state index in [1.165, 1.54) is 0 Å². The normalized spacial score (nSPS) is 29.7. The molecule has 0 spiro atoms. The summed E-state index contributed by atoms with van der Waals surface area (Å²) in [7, 11) is 0. The highest BCUT2D eigenvalue weighted by Gasteiger charge is 2.97. The maximum Gasteiger partial charge on any atom is 0.427 e. The van der Waals surface area contributed by atoms with E-state index >= 15 is 0 Å². The third-order valence-electron chi connectivity index (χ3n) is 6.04. The average Bonchev–Trinajstić information content (AvgIpc) is 3.04. The molecular formula is C20H8F18O6. The Bertz CT molecular complexity index is 1220. The monoisotopic (exact) mass is 686 g/mol. The van der Waals surface area contributed by atoms with Crippen molar-refractivity contribution in [3.63, 3.8) is 0 Å². The van der Waals surface area contributed by atoms with Crippen molar-refractivity contribution in [1.82, 2.24) is 0 Å². The Labute approximate surface area is 228 Å². The third-order valence-corrected chi connectivity index (χ3v) is 6.04. The van der Waals surface area contributed by atoms with Crippen LogP contribution in [0.2, 0.25) is 0 Å². The van der Waals surface area contributed by atoms with Gasteiger partial charge in [-0.1, -0.05) is 0 Å². The van der Waals surface area contributed by atoms with Crippen molar-refractivity contribution in [2.45, 2.75) is 59.5 Å². The average molecular weight is 686 g/mol. The van der Waals surface area contributed by atoms with Crippen molar-refractivity contribution >= 4 is 11.9 Å². The van der Waals surface area contributed by atoms with Gasteiger partial charge >= 0.3 is 71.4 Å². The molecule has 0 radical (unpaired) electrons. The predicted octanol–water partition coefficient (Wildman–Crippen LogP) is 6.39. The number of carbonyl (C=O) groups is 2.